The molecule has 0 spiro atoms. The molecule has 110 valence electrons. The molecule has 0 amide bonds. The molecular formula is C18H21O2S+. The number of aliphatic hydroxyl groups excluding tert-OH is 1. The van der Waals surface area contributed by atoms with Gasteiger partial charge in [-0.25, -0.2) is 0 Å². The van der Waals surface area contributed by atoms with E-state index in [1.165, 1.54) is 24.3 Å². The number of ether oxygens (including phenoxy) is 1. The zero-order chi connectivity index (χ0) is 14.5. The van der Waals surface area contributed by atoms with Crippen molar-refractivity contribution in [2.24, 2.45) is 0 Å². The van der Waals surface area contributed by atoms with E-state index in [0.29, 0.717) is 10.9 Å². The molecule has 0 saturated carbocycles. The van der Waals surface area contributed by atoms with E-state index in [4.69, 9.17) is 4.74 Å². The van der Waals surface area contributed by atoms with Gasteiger partial charge in [-0.3, -0.25) is 0 Å². The van der Waals surface area contributed by atoms with Gasteiger partial charge in [0.1, 0.15) is 34.9 Å². The largest absolute Gasteiger partial charge is 0.457 e. The Labute approximate surface area is 129 Å². The molecule has 21 heavy (non-hydrogen) atoms. The van der Waals surface area contributed by atoms with Crippen molar-refractivity contribution < 1.29 is 9.84 Å². The van der Waals surface area contributed by atoms with E-state index in [1.807, 2.05) is 54.6 Å². The Bertz CT molecular complexity index is 547. The topological polar surface area (TPSA) is 29.5 Å². The normalized spacial score (nSPS) is 16.8. The number of rotatable bonds is 5. The summed E-state index contributed by atoms with van der Waals surface area (Å²) >= 11 is 0. The van der Waals surface area contributed by atoms with Crippen LogP contribution in [0, 0.1) is 0 Å². The lowest BCUT2D eigenvalue weighted by Crippen LogP contribution is -2.16. The van der Waals surface area contributed by atoms with Gasteiger partial charge in [0.15, 0.2) is 0 Å². The van der Waals surface area contributed by atoms with E-state index in [1.54, 1.807) is 0 Å². The van der Waals surface area contributed by atoms with E-state index >= 15 is 0 Å². The third kappa shape index (κ3) is 4.02. The van der Waals surface area contributed by atoms with Crippen LogP contribution < -0.4 is 4.74 Å². The molecule has 2 aromatic carbocycles. The molecule has 3 heteroatoms. The highest BCUT2D eigenvalue weighted by molar-refractivity contribution is 7.97. The zero-order valence-corrected chi connectivity index (χ0v) is 12.9. The van der Waals surface area contributed by atoms with Crippen molar-refractivity contribution in [2.75, 3.05) is 17.3 Å². The van der Waals surface area contributed by atoms with Gasteiger partial charge in [0.2, 0.25) is 0 Å². The van der Waals surface area contributed by atoms with Crippen molar-refractivity contribution in [3.8, 4) is 11.5 Å². The summed E-state index contributed by atoms with van der Waals surface area (Å²) in [4.78, 5) is 0. The lowest BCUT2D eigenvalue weighted by atomic mass is 10.1. The first-order valence-electron chi connectivity index (χ1n) is 7.46. The second kappa shape index (κ2) is 7.01. The summed E-state index contributed by atoms with van der Waals surface area (Å²) < 4.78 is 5.77. The smallest absolute Gasteiger partial charge is 0.138 e. The molecule has 1 atom stereocenters. The van der Waals surface area contributed by atoms with Crippen LogP contribution in [0.15, 0.2) is 54.6 Å². The fourth-order valence-corrected chi connectivity index (χ4v) is 4.98. The average Bonchev–Trinajstić information content (AvgIpc) is 3.02. The van der Waals surface area contributed by atoms with Gasteiger partial charge in [0, 0.05) is 0 Å². The summed E-state index contributed by atoms with van der Waals surface area (Å²) in [5.74, 6) is 5.15. The van der Waals surface area contributed by atoms with Crippen LogP contribution in [0.1, 0.15) is 24.5 Å². The monoisotopic (exact) mass is 301 g/mol. The molecular weight excluding hydrogens is 280 g/mol. The molecule has 2 nitrogen and oxygen atoms in total. The van der Waals surface area contributed by atoms with E-state index < -0.39 is 0 Å². The molecule has 0 aliphatic carbocycles. The number of hydrogen-bond acceptors (Lipinski definition) is 2. The molecule has 0 aromatic heterocycles. The quantitative estimate of drug-likeness (QED) is 0.848. The molecule has 3 rings (SSSR count). The molecule has 1 fully saturated rings. The van der Waals surface area contributed by atoms with Crippen molar-refractivity contribution in [1.82, 2.24) is 0 Å². The van der Waals surface area contributed by atoms with Crippen LogP contribution in [0.3, 0.4) is 0 Å². The van der Waals surface area contributed by atoms with Crippen molar-refractivity contribution in [1.29, 1.82) is 0 Å². The Morgan fingerprint density at radius 2 is 1.52 bits per heavy atom. The van der Waals surface area contributed by atoms with Gasteiger partial charge in [0.25, 0.3) is 0 Å². The predicted molar refractivity (Wildman–Crippen MR) is 89.1 cm³/mol. The molecule has 1 N–H and O–H groups in total. The minimum absolute atomic E-state index is 0.336. The molecule has 1 saturated heterocycles. The Balaban J connectivity index is 1.60. The highest BCUT2D eigenvalue weighted by atomic mass is 32.2. The number of benzene rings is 2. The summed E-state index contributed by atoms with van der Waals surface area (Å²) in [5, 5.41) is 10.3. The van der Waals surface area contributed by atoms with Crippen molar-refractivity contribution >= 4 is 10.9 Å². The van der Waals surface area contributed by atoms with Crippen LogP contribution in [0.4, 0.5) is 0 Å². The van der Waals surface area contributed by atoms with Crippen LogP contribution in [-0.2, 0) is 10.9 Å². The maximum atomic E-state index is 10.3. The fraction of sp³-hybridized carbons (Fsp3) is 0.333. The third-order valence-electron chi connectivity index (χ3n) is 3.75. The van der Waals surface area contributed by atoms with Crippen molar-refractivity contribution in [3.63, 3.8) is 0 Å². The molecule has 0 radical (unpaired) electrons. The van der Waals surface area contributed by atoms with E-state index in [2.05, 4.69) is 0 Å². The van der Waals surface area contributed by atoms with Gasteiger partial charge >= 0.3 is 0 Å². The first-order valence-corrected chi connectivity index (χ1v) is 9.19. The number of aliphatic hydroxyl groups is 1. The first-order chi connectivity index (χ1) is 10.3. The molecule has 1 aliphatic heterocycles. The molecule has 0 bridgehead atoms. The molecule has 1 aliphatic rings. The second-order valence-corrected chi connectivity index (χ2v) is 7.77. The van der Waals surface area contributed by atoms with Gasteiger partial charge in [-0.1, -0.05) is 30.3 Å². The maximum absolute atomic E-state index is 10.3. The van der Waals surface area contributed by atoms with Crippen LogP contribution in [-0.4, -0.2) is 22.4 Å². The Hall–Kier alpha value is -1.45. The summed E-state index contributed by atoms with van der Waals surface area (Å²) in [6.07, 6.45) is 2.33. The van der Waals surface area contributed by atoms with E-state index in [0.717, 1.165) is 22.8 Å². The summed E-state index contributed by atoms with van der Waals surface area (Å²) in [6.45, 7) is 0. The van der Waals surface area contributed by atoms with Crippen LogP contribution in [0.5, 0.6) is 11.5 Å². The number of hydrogen-bond donors (Lipinski definition) is 1. The van der Waals surface area contributed by atoms with Gasteiger partial charge in [0.05, 0.1) is 0 Å². The number of para-hydroxylation sites is 1. The average molecular weight is 301 g/mol. The lowest BCUT2D eigenvalue weighted by molar-refractivity contribution is 0.203. The Morgan fingerprint density at radius 1 is 0.905 bits per heavy atom. The standard InChI is InChI=1S/C18H21O2S/c19-18(14-21-12-4-5-13-21)15-8-10-17(11-9-15)20-16-6-2-1-3-7-16/h1-3,6-11,18-19H,4-5,12-14H2/q+1. The Kier molecular flexibility index (Phi) is 4.84. The zero-order valence-electron chi connectivity index (χ0n) is 12.1. The highest BCUT2D eigenvalue weighted by Gasteiger charge is 2.27. The maximum Gasteiger partial charge on any atom is 0.138 e. The molecule has 1 unspecified atom stereocenters. The van der Waals surface area contributed by atoms with Crippen LogP contribution in [0.25, 0.3) is 0 Å². The summed E-state index contributed by atoms with van der Waals surface area (Å²) in [7, 11) is 0.424. The van der Waals surface area contributed by atoms with Gasteiger partial charge in [-0.2, -0.15) is 0 Å². The SMILES string of the molecule is OC(C[S+]1CCCC1)c1ccc(Oc2ccccc2)cc1. The third-order valence-corrected chi connectivity index (χ3v) is 6.27. The van der Waals surface area contributed by atoms with E-state index in [-0.39, 0.29) is 6.10 Å². The predicted octanol–water partition coefficient (Wildman–Crippen LogP) is 3.92. The lowest BCUT2D eigenvalue weighted by Gasteiger charge is -2.11. The first kappa shape index (κ1) is 14.5. The summed E-state index contributed by atoms with van der Waals surface area (Å²) in [6, 6.07) is 17.6. The Morgan fingerprint density at radius 3 is 2.19 bits per heavy atom. The minimum atomic E-state index is -0.336. The highest BCUT2D eigenvalue weighted by Crippen LogP contribution is 2.25. The van der Waals surface area contributed by atoms with Gasteiger partial charge in [-0.05, 0) is 53.6 Å². The van der Waals surface area contributed by atoms with Crippen LogP contribution >= 0.6 is 0 Å². The minimum Gasteiger partial charge on any atom is -0.457 e. The van der Waals surface area contributed by atoms with E-state index in [9.17, 15) is 5.11 Å². The van der Waals surface area contributed by atoms with Gasteiger partial charge in [-0.15, -0.1) is 0 Å². The van der Waals surface area contributed by atoms with Gasteiger partial charge < -0.3 is 9.84 Å². The summed E-state index contributed by atoms with van der Waals surface area (Å²) in [5.41, 5.74) is 0.995. The molecule has 1 heterocycles. The van der Waals surface area contributed by atoms with Crippen molar-refractivity contribution in [3.05, 3.63) is 60.2 Å². The second-order valence-electron chi connectivity index (χ2n) is 5.39. The molecule has 2 aromatic rings. The fourth-order valence-electron chi connectivity index (χ4n) is 2.58. The van der Waals surface area contributed by atoms with Crippen molar-refractivity contribution in [2.45, 2.75) is 18.9 Å². The van der Waals surface area contributed by atoms with Crippen LogP contribution in [0.2, 0.25) is 0 Å².